The van der Waals surface area contributed by atoms with Gasteiger partial charge in [0, 0.05) is 32.2 Å². The zero-order valence-electron chi connectivity index (χ0n) is 13.4. The molecule has 1 saturated heterocycles. The van der Waals surface area contributed by atoms with Crippen molar-refractivity contribution in [1.29, 1.82) is 5.26 Å². The molecule has 1 heterocycles. The SMILES string of the molecule is N#Cc1ccccc1N1CCN(C(=S)Nc2cc(F)ccc2F)CC1. The fraction of sp³-hybridized carbons (Fsp3) is 0.222. The van der Waals surface area contributed by atoms with Crippen LogP contribution in [0.1, 0.15) is 5.56 Å². The minimum Gasteiger partial charge on any atom is -0.367 e. The Bertz CT molecular complexity index is 826. The standard InChI is InChI=1S/C18H16F2N4S/c19-14-5-6-15(20)16(11-14)22-18(25)24-9-7-23(8-10-24)17-4-2-1-3-13(17)12-21/h1-6,11H,7-10H2,(H,22,25). The lowest BCUT2D eigenvalue weighted by Crippen LogP contribution is -2.50. The fourth-order valence-corrected chi connectivity index (χ4v) is 3.07. The van der Waals surface area contributed by atoms with Crippen LogP contribution in [0.25, 0.3) is 0 Å². The van der Waals surface area contributed by atoms with Gasteiger partial charge in [0.2, 0.25) is 0 Å². The quantitative estimate of drug-likeness (QED) is 0.834. The second-order valence-corrected chi connectivity index (χ2v) is 6.04. The lowest BCUT2D eigenvalue weighted by atomic mass is 10.1. The van der Waals surface area contributed by atoms with Crippen LogP contribution in [0.5, 0.6) is 0 Å². The van der Waals surface area contributed by atoms with Crippen LogP contribution in [0.3, 0.4) is 0 Å². The minimum absolute atomic E-state index is 0.0299. The minimum atomic E-state index is -0.551. The summed E-state index contributed by atoms with van der Waals surface area (Å²) in [4.78, 5) is 4.03. The van der Waals surface area contributed by atoms with Crippen molar-refractivity contribution in [2.45, 2.75) is 0 Å². The molecular weight excluding hydrogens is 342 g/mol. The van der Waals surface area contributed by atoms with Crippen LogP contribution in [0.4, 0.5) is 20.2 Å². The number of halogens is 2. The average Bonchev–Trinajstić information content (AvgIpc) is 2.64. The van der Waals surface area contributed by atoms with Gasteiger partial charge in [-0.15, -0.1) is 0 Å². The molecular formula is C18H16F2N4S. The Morgan fingerprint density at radius 1 is 1.08 bits per heavy atom. The Labute approximate surface area is 150 Å². The molecule has 0 unspecified atom stereocenters. The van der Waals surface area contributed by atoms with E-state index in [9.17, 15) is 14.0 Å². The Morgan fingerprint density at radius 2 is 1.80 bits per heavy atom. The summed E-state index contributed by atoms with van der Waals surface area (Å²) >= 11 is 5.32. The monoisotopic (exact) mass is 358 g/mol. The first kappa shape index (κ1) is 17.1. The van der Waals surface area contributed by atoms with Gasteiger partial charge in [-0.05, 0) is 36.5 Å². The van der Waals surface area contributed by atoms with Gasteiger partial charge in [0.1, 0.15) is 17.7 Å². The molecule has 0 aliphatic carbocycles. The first-order chi connectivity index (χ1) is 12.1. The third-order valence-electron chi connectivity index (χ3n) is 4.10. The summed E-state index contributed by atoms with van der Waals surface area (Å²) in [5, 5.41) is 12.3. The molecule has 0 atom stereocenters. The van der Waals surface area contributed by atoms with E-state index in [0.29, 0.717) is 36.9 Å². The first-order valence-electron chi connectivity index (χ1n) is 7.83. The summed E-state index contributed by atoms with van der Waals surface area (Å²) in [7, 11) is 0. The fourth-order valence-electron chi connectivity index (χ4n) is 2.78. The molecule has 128 valence electrons. The van der Waals surface area contributed by atoms with E-state index in [-0.39, 0.29) is 5.69 Å². The summed E-state index contributed by atoms with van der Waals surface area (Å²) in [6.07, 6.45) is 0. The number of benzene rings is 2. The van der Waals surface area contributed by atoms with Crippen LogP contribution in [0.2, 0.25) is 0 Å². The Kier molecular flexibility index (Phi) is 5.10. The lowest BCUT2D eigenvalue weighted by Gasteiger charge is -2.37. The van der Waals surface area contributed by atoms with Gasteiger partial charge < -0.3 is 15.1 Å². The number of thiocarbonyl (C=S) groups is 1. The van der Waals surface area contributed by atoms with Crippen LogP contribution in [-0.4, -0.2) is 36.2 Å². The van der Waals surface area contributed by atoms with Gasteiger partial charge in [0.15, 0.2) is 5.11 Å². The van der Waals surface area contributed by atoms with Crippen molar-refractivity contribution >= 4 is 28.7 Å². The van der Waals surface area contributed by atoms with Crippen LogP contribution < -0.4 is 10.2 Å². The van der Waals surface area contributed by atoms with Crippen LogP contribution in [-0.2, 0) is 0 Å². The van der Waals surface area contributed by atoms with Gasteiger partial charge in [0.25, 0.3) is 0 Å². The molecule has 25 heavy (non-hydrogen) atoms. The third-order valence-corrected chi connectivity index (χ3v) is 4.46. The van der Waals surface area contributed by atoms with Crippen LogP contribution in [0.15, 0.2) is 42.5 Å². The number of hydrogen-bond acceptors (Lipinski definition) is 3. The maximum Gasteiger partial charge on any atom is 0.173 e. The van der Waals surface area contributed by atoms with Gasteiger partial charge in [-0.3, -0.25) is 0 Å². The second kappa shape index (κ2) is 7.45. The van der Waals surface area contributed by atoms with E-state index in [1.807, 2.05) is 23.1 Å². The van der Waals surface area contributed by atoms with Crippen molar-refractivity contribution in [1.82, 2.24) is 4.90 Å². The molecule has 0 aromatic heterocycles. The largest absolute Gasteiger partial charge is 0.367 e. The summed E-state index contributed by atoms with van der Waals surface area (Å²) in [6.45, 7) is 2.63. The summed E-state index contributed by atoms with van der Waals surface area (Å²) < 4.78 is 27.0. The summed E-state index contributed by atoms with van der Waals surface area (Å²) in [5.74, 6) is -1.07. The molecule has 0 bridgehead atoms. The smallest absolute Gasteiger partial charge is 0.173 e. The van der Waals surface area contributed by atoms with Crippen molar-refractivity contribution in [3.63, 3.8) is 0 Å². The van der Waals surface area contributed by atoms with Crippen LogP contribution in [0, 0.1) is 23.0 Å². The summed E-state index contributed by atoms with van der Waals surface area (Å²) in [6, 6.07) is 12.9. The number of rotatable bonds is 2. The molecule has 1 aliphatic rings. The maximum atomic E-state index is 13.7. The van der Waals surface area contributed by atoms with E-state index in [0.717, 1.165) is 23.9 Å². The molecule has 0 amide bonds. The van der Waals surface area contributed by atoms with Crippen LogP contribution >= 0.6 is 12.2 Å². The third kappa shape index (κ3) is 3.86. The molecule has 0 radical (unpaired) electrons. The number of piperazine rings is 1. The molecule has 7 heteroatoms. The van der Waals surface area contributed by atoms with E-state index in [2.05, 4.69) is 16.3 Å². The van der Waals surface area contributed by atoms with E-state index in [1.165, 1.54) is 0 Å². The topological polar surface area (TPSA) is 42.3 Å². The van der Waals surface area contributed by atoms with Gasteiger partial charge in [0.05, 0.1) is 16.9 Å². The van der Waals surface area contributed by atoms with Crippen molar-refractivity contribution in [3.05, 3.63) is 59.7 Å². The molecule has 1 N–H and O–H groups in total. The van der Waals surface area contributed by atoms with Crippen molar-refractivity contribution in [2.24, 2.45) is 0 Å². The first-order valence-corrected chi connectivity index (χ1v) is 8.24. The highest BCUT2D eigenvalue weighted by atomic mass is 32.1. The maximum absolute atomic E-state index is 13.7. The van der Waals surface area contributed by atoms with Crippen molar-refractivity contribution < 1.29 is 8.78 Å². The van der Waals surface area contributed by atoms with E-state index in [1.54, 1.807) is 6.07 Å². The molecule has 1 aliphatic heterocycles. The molecule has 3 rings (SSSR count). The predicted octanol–water partition coefficient (Wildman–Crippen LogP) is 3.36. The second-order valence-electron chi connectivity index (χ2n) is 5.66. The number of anilines is 2. The number of hydrogen-bond donors (Lipinski definition) is 1. The number of para-hydroxylation sites is 1. The molecule has 0 spiro atoms. The molecule has 1 fully saturated rings. The van der Waals surface area contributed by atoms with Gasteiger partial charge >= 0.3 is 0 Å². The van der Waals surface area contributed by atoms with Gasteiger partial charge in [-0.1, -0.05) is 12.1 Å². The Hall–Kier alpha value is -2.72. The molecule has 0 saturated carbocycles. The normalized spacial score (nSPS) is 14.1. The number of nitrogens with zero attached hydrogens (tertiary/aromatic N) is 3. The lowest BCUT2D eigenvalue weighted by molar-refractivity contribution is 0.390. The van der Waals surface area contributed by atoms with Crippen molar-refractivity contribution in [3.8, 4) is 6.07 Å². The van der Waals surface area contributed by atoms with E-state index < -0.39 is 11.6 Å². The Balaban J connectivity index is 1.63. The van der Waals surface area contributed by atoms with E-state index >= 15 is 0 Å². The van der Waals surface area contributed by atoms with E-state index in [4.69, 9.17) is 12.2 Å². The highest BCUT2D eigenvalue weighted by Gasteiger charge is 2.21. The molecule has 2 aromatic carbocycles. The number of nitrogens with one attached hydrogen (secondary N) is 1. The molecule has 2 aromatic rings. The number of nitriles is 1. The zero-order chi connectivity index (χ0) is 17.8. The average molecular weight is 358 g/mol. The summed E-state index contributed by atoms with van der Waals surface area (Å²) in [5.41, 5.74) is 1.57. The zero-order valence-corrected chi connectivity index (χ0v) is 14.2. The van der Waals surface area contributed by atoms with Gasteiger partial charge in [-0.25, -0.2) is 8.78 Å². The van der Waals surface area contributed by atoms with Crippen molar-refractivity contribution in [2.75, 3.05) is 36.4 Å². The highest BCUT2D eigenvalue weighted by molar-refractivity contribution is 7.80. The Morgan fingerprint density at radius 3 is 2.52 bits per heavy atom. The van der Waals surface area contributed by atoms with Gasteiger partial charge in [-0.2, -0.15) is 5.26 Å². The molecule has 4 nitrogen and oxygen atoms in total. The highest BCUT2D eigenvalue weighted by Crippen LogP contribution is 2.22. The predicted molar refractivity (Wildman–Crippen MR) is 97.5 cm³/mol.